The van der Waals surface area contributed by atoms with Crippen LogP contribution in [0.5, 0.6) is 0 Å². The predicted molar refractivity (Wildman–Crippen MR) is 72.7 cm³/mol. The number of carbonyl (C=O) groups excluding carboxylic acids is 1. The lowest BCUT2D eigenvalue weighted by molar-refractivity contribution is -0.140. The molecule has 19 heavy (non-hydrogen) atoms. The monoisotopic (exact) mass is 264 g/mol. The molecule has 2 N–H and O–H groups in total. The molecule has 0 fully saturated rings. The highest BCUT2D eigenvalue weighted by molar-refractivity contribution is 5.93. The van der Waals surface area contributed by atoms with Crippen LogP contribution in [-0.2, 0) is 16.1 Å². The molecule has 0 saturated heterocycles. The molecule has 1 aromatic rings. The minimum atomic E-state index is -1.10. The van der Waals surface area contributed by atoms with Crippen molar-refractivity contribution in [2.75, 3.05) is 20.1 Å². The Hall–Kier alpha value is -1.88. The Morgan fingerprint density at radius 1 is 1.26 bits per heavy atom. The minimum Gasteiger partial charge on any atom is -0.481 e. The number of carboxylic acid groups (broad SMARTS) is 1. The van der Waals surface area contributed by atoms with Gasteiger partial charge in [-0.1, -0.05) is 30.3 Å². The average molecular weight is 264 g/mol. The average Bonchev–Trinajstić information content (AvgIpc) is 2.35. The first-order valence-corrected chi connectivity index (χ1v) is 6.29. The number of nitrogens with one attached hydrogen (secondary N) is 1. The van der Waals surface area contributed by atoms with Gasteiger partial charge in [-0.3, -0.25) is 9.59 Å². The molecule has 0 bridgehead atoms. The zero-order valence-corrected chi connectivity index (χ0v) is 11.1. The summed E-state index contributed by atoms with van der Waals surface area (Å²) >= 11 is 0. The number of hydrogen-bond acceptors (Lipinski definition) is 3. The van der Waals surface area contributed by atoms with E-state index in [2.05, 4.69) is 22.3 Å². The van der Waals surface area contributed by atoms with Gasteiger partial charge in [0.15, 0.2) is 0 Å². The Kier molecular flexibility index (Phi) is 6.60. The van der Waals surface area contributed by atoms with Gasteiger partial charge in [-0.15, -0.1) is 0 Å². The number of hydrogen-bond donors (Lipinski definition) is 2. The third kappa shape index (κ3) is 7.21. The number of carbonyl (C=O) groups is 2. The summed E-state index contributed by atoms with van der Waals surface area (Å²) in [5, 5.41) is 11.0. The molecule has 0 aromatic heterocycles. The van der Waals surface area contributed by atoms with Crippen molar-refractivity contribution < 1.29 is 14.7 Å². The fraction of sp³-hybridized carbons (Fsp3) is 0.429. The molecule has 0 atom stereocenters. The number of aliphatic carboxylic acids is 1. The normalized spacial score (nSPS) is 10.4. The van der Waals surface area contributed by atoms with Crippen molar-refractivity contribution in [1.29, 1.82) is 0 Å². The summed E-state index contributed by atoms with van der Waals surface area (Å²) in [6.45, 7) is 2.22. The molecular weight excluding hydrogens is 244 g/mol. The SMILES string of the molecule is CN(CCCNC(=O)CC(=O)O)Cc1ccccc1. The predicted octanol–water partition coefficient (Wildman–Crippen LogP) is 1.10. The second kappa shape index (κ2) is 8.26. The molecule has 5 nitrogen and oxygen atoms in total. The van der Waals surface area contributed by atoms with Crippen molar-refractivity contribution >= 4 is 11.9 Å². The van der Waals surface area contributed by atoms with Gasteiger partial charge in [0.25, 0.3) is 0 Å². The molecule has 104 valence electrons. The zero-order chi connectivity index (χ0) is 14.1. The van der Waals surface area contributed by atoms with Crippen LogP contribution in [0.15, 0.2) is 30.3 Å². The molecule has 1 rings (SSSR count). The van der Waals surface area contributed by atoms with Crippen LogP contribution in [-0.4, -0.2) is 42.0 Å². The van der Waals surface area contributed by atoms with Gasteiger partial charge < -0.3 is 15.3 Å². The maximum Gasteiger partial charge on any atom is 0.312 e. The fourth-order valence-corrected chi connectivity index (χ4v) is 1.75. The van der Waals surface area contributed by atoms with E-state index in [1.54, 1.807) is 0 Å². The molecule has 0 spiro atoms. The molecule has 0 saturated carbocycles. The molecule has 1 amide bonds. The van der Waals surface area contributed by atoms with Crippen molar-refractivity contribution in [3.05, 3.63) is 35.9 Å². The quantitative estimate of drug-likeness (QED) is 0.545. The smallest absolute Gasteiger partial charge is 0.312 e. The highest BCUT2D eigenvalue weighted by Gasteiger charge is 2.06. The van der Waals surface area contributed by atoms with Gasteiger partial charge in [-0.25, -0.2) is 0 Å². The lowest BCUT2D eigenvalue weighted by atomic mass is 10.2. The maximum absolute atomic E-state index is 11.1. The van der Waals surface area contributed by atoms with Crippen molar-refractivity contribution in [1.82, 2.24) is 10.2 Å². The van der Waals surface area contributed by atoms with Crippen LogP contribution in [0.3, 0.4) is 0 Å². The van der Waals surface area contributed by atoms with Crippen LogP contribution in [0.2, 0.25) is 0 Å². The van der Waals surface area contributed by atoms with E-state index >= 15 is 0 Å². The number of nitrogens with zero attached hydrogens (tertiary/aromatic N) is 1. The Bertz CT molecular complexity index is 406. The molecule has 1 aromatic carbocycles. The summed E-state index contributed by atoms with van der Waals surface area (Å²) in [5.74, 6) is -1.53. The first-order valence-electron chi connectivity index (χ1n) is 6.29. The summed E-state index contributed by atoms with van der Waals surface area (Å²) in [5.41, 5.74) is 1.25. The van der Waals surface area contributed by atoms with Gasteiger partial charge in [0, 0.05) is 13.1 Å². The largest absolute Gasteiger partial charge is 0.481 e. The Balaban J connectivity index is 2.12. The van der Waals surface area contributed by atoms with Crippen LogP contribution in [0.1, 0.15) is 18.4 Å². The van der Waals surface area contributed by atoms with Crippen molar-refractivity contribution in [3.8, 4) is 0 Å². The molecular formula is C14H20N2O3. The van der Waals surface area contributed by atoms with Crippen molar-refractivity contribution in [3.63, 3.8) is 0 Å². The molecule has 0 aliphatic heterocycles. The van der Waals surface area contributed by atoms with Crippen LogP contribution < -0.4 is 5.32 Å². The zero-order valence-electron chi connectivity index (χ0n) is 11.1. The summed E-state index contributed by atoms with van der Waals surface area (Å²) in [4.78, 5) is 23.5. The third-order valence-electron chi connectivity index (χ3n) is 2.65. The fourth-order valence-electron chi connectivity index (χ4n) is 1.75. The number of carboxylic acids is 1. The lowest BCUT2D eigenvalue weighted by Crippen LogP contribution is -2.29. The topological polar surface area (TPSA) is 69.6 Å². The van der Waals surface area contributed by atoms with Gasteiger partial charge in [-0.05, 0) is 25.6 Å². The van der Waals surface area contributed by atoms with E-state index in [0.717, 1.165) is 19.5 Å². The second-order valence-corrected chi connectivity index (χ2v) is 4.50. The van der Waals surface area contributed by atoms with E-state index in [1.807, 2.05) is 25.2 Å². The summed E-state index contributed by atoms with van der Waals surface area (Å²) < 4.78 is 0. The van der Waals surface area contributed by atoms with E-state index in [9.17, 15) is 9.59 Å². The summed E-state index contributed by atoms with van der Waals surface area (Å²) in [7, 11) is 2.02. The molecule has 0 radical (unpaired) electrons. The number of amides is 1. The van der Waals surface area contributed by atoms with Gasteiger partial charge in [-0.2, -0.15) is 0 Å². The molecule has 0 aliphatic carbocycles. The first-order chi connectivity index (χ1) is 9.08. The van der Waals surface area contributed by atoms with E-state index in [1.165, 1.54) is 5.56 Å². The highest BCUT2D eigenvalue weighted by Crippen LogP contribution is 2.02. The van der Waals surface area contributed by atoms with E-state index in [4.69, 9.17) is 5.11 Å². The maximum atomic E-state index is 11.1. The first kappa shape index (κ1) is 15.2. The lowest BCUT2D eigenvalue weighted by Gasteiger charge is -2.16. The van der Waals surface area contributed by atoms with Gasteiger partial charge in [0.1, 0.15) is 6.42 Å². The standard InChI is InChI=1S/C14H20N2O3/c1-16(11-12-6-3-2-4-7-12)9-5-8-15-13(17)10-14(18)19/h2-4,6-7H,5,8-11H2,1H3,(H,15,17)(H,18,19). The summed E-state index contributed by atoms with van der Waals surface area (Å²) in [6, 6.07) is 10.2. The van der Waals surface area contributed by atoms with Crippen molar-refractivity contribution in [2.24, 2.45) is 0 Å². The molecule has 0 aliphatic rings. The third-order valence-corrected chi connectivity index (χ3v) is 2.65. The van der Waals surface area contributed by atoms with E-state index in [-0.39, 0.29) is 0 Å². The van der Waals surface area contributed by atoms with Crippen molar-refractivity contribution in [2.45, 2.75) is 19.4 Å². The van der Waals surface area contributed by atoms with Crippen LogP contribution >= 0.6 is 0 Å². The van der Waals surface area contributed by atoms with Gasteiger partial charge >= 0.3 is 5.97 Å². The van der Waals surface area contributed by atoms with Crippen LogP contribution in [0.4, 0.5) is 0 Å². The Morgan fingerprint density at radius 3 is 2.58 bits per heavy atom. The Labute approximate surface area is 113 Å². The minimum absolute atomic E-state index is 0.432. The Morgan fingerprint density at radius 2 is 1.95 bits per heavy atom. The number of rotatable bonds is 8. The second-order valence-electron chi connectivity index (χ2n) is 4.50. The summed E-state index contributed by atoms with van der Waals surface area (Å²) in [6.07, 6.45) is 0.342. The number of benzene rings is 1. The highest BCUT2D eigenvalue weighted by atomic mass is 16.4. The van der Waals surface area contributed by atoms with Crippen LogP contribution in [0, 0.1) is 0 Å². The van der Waals surface area contributed by atoms with Crippen LogP contribution in [0.25, 0.3) is 0 Å². The van der Waals surface area contributed by atoms with Gasteiger partial charge in [0.05, 0.1) is 0 Å². The van der Waals surface area contributed by atoms with Gasteiger partial charge in [0.2, 0.25) is 5.91 Å². The molecule has 0 unspecified atom stereocenters. The van der Waals surface area contributed by atoms with E-state index in [0.29, 0.717) is 6.54 Å². The van der Waals surface area contributed by atoms with E-state index < -0.39 is 18.3 Å². The molecule has 0 heterocycles. The molecule has 5 heteroatoms.